The summed E-state index contributed by atoms with van der Waals surface area (Å²) >= 11 is 0. The number of carbonyl (C=O) groups is 1. The molecule has 0 saturated carbocycles. The highest BCUT2D eigenvalue weighted by atomic mass is 32.3. The molecule has 2 amide bonds. The maximum absolute atomic E-state index is 13.0. The predicted octanol–water partition coefficient (Wildman–Crippen LogP) is 5.50. The first kappa shape index (κ1) is 24.3. The Morgan fingerprint density at radius 2 is 1.80 bits per heavy atom. The number of carbonyl (C=O) groups excluding carboxylic acids is 1. The molecule has 8 nitrogen and oxygen atoms in total. The molecule has 0 aliphatic heterocycles. The largest absolute Gasteiger partial charge is 0.497 e. The van der Waals surface area contributed by atoms with Gasteiger partial charge in [-0.05, 0) is 42.7 Å². The van der Waals surface area contributed by atoms with E-state index in [0.717, 1.165) is 11.3 Å². The van der Waals surface area contributed by atoms with Crippen molar-refractivity contribution in [3.8, 4) is 11.4 Å². The minimum Gasteiger partial charge on any atom is -0.497 e. The maximum Gasteiger partial charge on any atom is 0.333 e. The maximum atomic E-state index is 13.0. The van der Waals surface area contributed by atoms with Gasteiger partial charge in [0.05, 0.1) is 23.7 Å². The molecule has 0 unspecified atom stereocenters. The Kier molecular flexibility index (Phi) is 7.40. The fourth-order valence-corrected chi connectivity index (χ4v) is 5.07. The number of methoxy groups -OCH3 is 1. The van der Waals surface area contributed by atoms with Crippen molar-refractivity contribution in [2.24, 2.45) is 0 Å². The van der Waals surface area contributed by atoms with E-state index in [-0.39, 0.29) is 4.90 Å². The number of urea groups is 1. The van der Waals surface area contributed by atoms with Crippen LogP contribution in [0.2, 0.25) is 0 Å². The normalized spacial score (nSPS) is 12.6. The number of aryl methyl sites for hydroxylation is 1. The van der Waals surface area contributed by atoms with E-state index in [1.807, 2.05) is 65.4 Å². The van der Waals surface area contributed by atoms with E-state index in [1.54, 1.807) is 44.5 Å². The SMILES string of the molecule is COc1cccc(-n2ccnc2[C@H](Cc2ccccc2)NC(=O)NS(O)(O)c2ccccc2C)c1. The van der Waals surface area contributed by atoms with Gasteiger partial charge in [0.2, 0.25) is 0 Å². The lowest BCUT2D eigenvalue weighted by molar-refractivity contribution is 0.240. The third-order valence-electron chi connectivity index (χ3n) is 5.54. The molecular formula is C26H28N4O4S. The first-order chi connectivity index (χ1) is 16.9. The number of ether oxygens (including phenoxy) is 1. The smallest absolute Gasteiger partial charge is 0.333 e. The van der Waals surface area contributed by atoms with E-state index in [2.05, 4.69) is 15.0 Å². The average molecular weight is 493 g/mol. The van der Waals surface area contributed by atoms with Crippen LogP contribution in [0.3, 0.4) is 0 Å². The van der Waals surface area contributed by atoms with Crippen molar-refractivity contribution in [2.45, 2.75) is 24.3 Å². The summed E-state index contributed by atoms with van der Waals surface area (Å²) in [4.78, 5) is 17.8. The molecule has 35 heavy (non-hydrogen) atoms. The van der Waals surface area contributed by atoms with Crippen LogP contribution < -0.4 is 14.8 Å². The zero-order chi connectivity index (χ0) is 24.8. The van der Waals surface area contributed by atoms with Gasteiger partial charge in [0.15, 0.2) is 0 Å². The van der Waals surface area contributed by atoms with Crippen molar-refractivity contribution in [3.63, 3.8) is 0 Å². The fraction of sp³-hybridized carbons (Fsp3) is 0.154. The lowest BCUT2D eigenvalue weighted by atomic mass is 10.1. The first-order valence-electron chi connectivity index (χ1n) is 11.0. The van der Waals surface area contributed by atoms with Gasteiger partial charge in [0.25, 0.3) is 0 Å². The van der Waals surface area contributed by atoms with Crippen molar-refractivity contribution >= 4 is 16.8 Å². The third-order valence-corrected chi connectivity index (χ3v) is 7.08. The Balaban J connectivity index is 1.63. The molecule has 0 bridgehead atoms. The molecule has 1 aromatic heterocycles. The molecule has 0 fully saturated rings. The van der Waals surface area contributed by atoms with Crippen LogP contribution in [0.5, 0.6) is 5.75 Å². The minimum absolute atomic E-state index is 0.271. The summed E-state index contributed by atoms with van der Waals surface area (Å²) in [6.07, 6.45) is 3.91. The summed E-state index contributed by atoms with van der Waals surface area (Å²) in [5.74, 6) is 1.28. The van der Waals surface area contributed by atoms with Crippen LogP contribution in [-0.2, 0) is 6.42 Å². The molecule has 182 valence electrons. The quantitative estimate of drug-likeness (QED) is 0.260. The molecule has 4 aromatic rings. The Morgan fingerprint density at radius 1 is 1.06 bits per heavy atom. The molecular weight excluding hydrogens is 464 g/mol. The number of hydrogen-bond donors (Lipinski definition) is 4. The monoisotopic (exact) mass is 492 g/mol. The van der Waals surface area contributed by atoms with Crippen molar-refractivity contribution in [1.29, 1.82) is 0 Å². The van der Waals surface area contributed by atoms with E-state index in [0.29, 0.717) is 23.6 Å². The van der Waals surface area contributed by atoms with Gasteiger partial charge in [-0.15, -0.1) is 0 Å². The Hall–Kier alpha value is -3.79. The number of imidazole rings is 1. The lowest BCUT2D eigenvalue weighted by Gasteiger charge is -2.34. The molecule has 1 atom stereocenters. The van der Waals surface area contributed by atoms with Crippen LogP contribution >= 0.6 is 10.8 Å². The molecule has 4 rings (SSSR count). The van der Waals surface area contributed by atoms with Gasteiger partial charge in [-0.3, -0.25) is 9.11 Å². The third kappa shape index (κ3) is 5.83. The molecule has 3 aromatic carbocycles. The lowest BCUT2D eigenvalue weighted by Crippen LogP contribution is -2.40. The molecule has 1 heterocycles. The van der Waals surface area contributed by atoms with Crippen LogP contribution in [0.25, 0.3) is 5.69 Å². The highest BCUT2D eigenvalue weighted by Crippen LogP contribution is 2.45. The van der Waals surface area contributed by atoms with Gasteiger partial charge in [-0.25, -0.2) is 14.5 Å². The highest BCUT2D eigenvalue weighted by Gasteiger charge is 2.25. The number of rotatable bonds is 8. The zero-order valence-corrected chi connectivity index (χ0v) is 20.3. The van der Waals surface area contributed by atoms with Crippen molar-refractivity contribution < 1.29 is 18.6 Å². The molecule has 4 N–H and O–H groups in total. The van der Waals surface area contributed by atoms with E-state index in [1.165, 1.54) is 0 Å². The minimum atomic E-state index is -3.55. The van der Waals surface area contributed by atoms with Crippen LogP contribution in [0.4, 0.5) is 4.79 Å². The molecule has 0 radical (unpaired) electrons. The number of benzene rings is 3. The summed E-state index contributed by atoms with van der Waals surface area (Å²) in [7, 11) is -1.95. The standard InChI is InChI=1S/C26H28N4O4S/c1-19-9-6-7-14-24(19)35(32,33)29-26(31)28-23(17-20-10-4-3-5-11-20)25-27-15-16-30(25)21-12-8-13-22(18-21)34-2/h3-16,18,23,32-33H,17H2,1-2H3,(H2,28,29,31)/t23-/m0/s1. The second kappa shape index (κ2) is 10.6. The van der Waals surface area contributed by atoms with Crippen molar-refractivity contribution in [2.75, 3.05) is 7.11 Å². The Bertz CT molecular complexity index is 1290. The van der Waals surface area contributed by atoms with Crippen molar-refractivity contribution in [3.05, 3.63) is 108 Å². The molecule has 9 heteroatoms. The highest BCUT2D eigenvalue weighted by molar-refractivity contribution is 8.23. The number of hydrogen-bond acceptors (Lipinski definition) is 5. The Morgan fingerprint density at radius 3 is 2.54 bits per heavy atom. The van der Waals surface area contributed by atoms with Gasteiger partial charge >= 0.3 is 6.03 Å². The summed E-state index contributed by atoms with van der Waals surface area (Å²) in [6.45, 7) is 1.76. The number of nitrogens with zero attached hydrogens (tertiary/aromatic N) is 2. The number of amides is 2. The second-order valence-electron chi connectivity index (χ2n) is 7.99. The van der Waals surface area contributed by atoms with Crippen LogP contribution in [0.1, 0.15) is 23.0 Å². The van der Waals surface area contributed by atoms with E-state index >= 15 is 0 Å². The van der Waals surface area contributed by atoms with E-state index in [4.69, 9.17) is 4.74 Å². The van der Waals surface area contributed by atoms with E-state index in [9.17, 15) is 13.9 Å². The number of aromatic nitrogens is 2. The van der Waals surface area contributed by atoms with Gasteiger partial charge in [0, 0.05) is 18.5 Å². The predicted molar refractivity (Wildman–Crippen MR) is 137 cm³/mol. The van der Waals surface area contributed by atoms with Crippen molar-refractivity contribution in [1.82, 2.24) is 19.6 Å². The van der Waals surface area contributed by atoms with Crippen LogP contribution in [-0.4, -0.2) is 31.8 Å². The summed E-state index contributed by atoms with van der Waals surface area (Å²) < 4.78 is 31.0. The van der Waals surface area contributed by atoms with Gasteiger partial charge in [-0.1, -0.05) is 65.4 Å². The molecule has 0 saturated heterocycles. The topological polar surface area (TPSA) is 109 Å². The summed E-state index contributed by atoms with van der Waals surface area (Å²) in [5, 5.41) is 2.89. The van der Waals surface area contributed by atoms with E-state index < -0.39 is 22.8 Å². The summed E-state index contributed by atoms with van der Waals surface area (Å²) in [6, 6.07) is 22.8. The molecule has 0 spiro atoms. The average Bonchev–Trinajstić information content (AvgIpc) is 3.34. The van der Waals surface area contributed by atoms with Crippen LogP contribution in [0, 0.1) is 6.92 Å². The van der Waals surface area contributed by atoms with Crippen LogP contribution in [0.15, 0.2) is 96.2 Å². The zero-order valence-electron chi connectivity index (χ0n) is 19.5. The fourth-order valence-electron chi connectivity index (χ4n) is 3.86. The summed E-state index contributed by atoms with van der Waals surface area (Å²) in [5.41, 5.74) is 2.48. The molecule has 0 aliphatic rings. The number of nitrogens with one attached hydrogen (secondary N) is 2. The second-order valence-corrected chi connectivity index (χ2v) is 9.73. The van der Waals surface area contributed by atoms with Gasteiger partial charge < -0.3 is 14.6 Å². The molecule has 0 aliphatic carbocycles. The van der Waals surface area contributed by atoms with Gasteiger partial charge in [-0.2, -0.15) is 0 Å². The first-order valence-corrected chi connectivity index (χ1v) is 12.6. The van der Waals surface area contributed by atoms with Gasteiger partial charge in [0.1, 0.15) is 11.6 Å². The Labute approximate surface area is 206 Å².